The molecule has 0 aliphatic carbocycles. The fourth-order valence-corrected chi connectivity index (χ4v) is 3.04. The molecule has 0 amide bonds. The first-order chi connectivity index (χ1) is 11.1. The molecule has 0 saturated heterocycles. The normalized spacial score (nSPS) is 11.2. The van der Waals surface area contributed by atoms with Crippen LogP contribution in [-0.2, 0) is 13.5 Å². The van der Waals surface area contributed by atoms with E-state index in [1.807, 2.05) is 22.5 Å². The molecule has 23 heavy (non-hydrogen) atoms. The third-order valence-corrected chi connectivity index (χ3v) is 4.28. The summed E-state index contributed by atoms with van der Waals surface area (Å²) >= 11 is 0. The second-order valence-corrected chi connectivity index (χ2v) is 6.20. The molecule has 118 valence electrons. The van der Waals surface area contributed by atoms with Crippen molar-refractivity contribution < 1.29 is 4.68 Å². The van der Waals surface area contributed by atoms with Gasteiger partial charge in [0.2, 0.25) is 0 Å². The van der Waals surface area contributed by atoms with Crippen molar-refractivity contribution in [3.05, 3.63) is 65.9 Å². The molecule has 0 aliphatic heterocycles. The molecule has 0 radical (unpaired) electrons. The minimum Gasteiger partial charge on any atom is -0.132 e. The molecule has 0 atom stereocenters. The van der Waals surface area contributed by atoms with Gasteiger partial charge in [-0.25, -0.2) is 0 Å². The zero-order valence-electron chi connectivity index (χ0n) is 14.3. The summed E-state index contributed by atoms with van der Waals surface area (Å²) in [6.45, 7) is 6.67. The maximum absolute atomic E-state index is 4.74. The van der Waals surface area contributed by atoms with Crippen molar-refractivity contribution in [1.29, 1.82) is 0 Å². The Balaban J connectivity index is 2.17. The number of nitrogens with zero attached hydrogens (tertiary/aromatic N) is 3. The maximum Gasteiger partial charge on any atom is 0.197 e. The Morgan fingerprint density at radius 2 is 1.78 bits per heavy atom. The predicted molar refractivity (Wildman–Crippen MR) is 93.6 cm³/mol. The zero-order chi connectivity index (χ0) is 16.4. The van der Waals surface area contributed by atoms with E-state index in [2.05, 4.69) is 69.4 Å². The number of hydrogen-bond acceptors (Lipinski definition) is 1. The van der Waals surface area contributed by atoms with E-state index in [-0.39, 0.29) is 0 Å². The van der Waals surface area contributed by atoms with Crippen LogP contribution in [0.4, 0.5) is 0 Å². The first-order valence-electron chi connectivity index (χ1n) is 8.25. The topological polar surface area (TPSA) is 21.7 Å². The van der Waals surface area contributed by atoms with Gasteiger partial charge in [-0.1, -0.05) is 69.3 Å². The first-order valence-corrected chi connectivity index (χ1v) is 8.25. The van der Waals surface area contributed by atoms with Gasteiger partial charge in [0.05, 0.1) is 5.21 Å². The molecule has 3 heteroatoms. The van der Waals surface area contributed by atoms with Gasteiger partial charge in [-0.05, 0) is 12.3 Å². The van der Waals surface area contributed by atoms with Crippen molar-refractivity contribution in [2.24, 2.45) is 7.05 Å². The Kier molecular flexibility index (Phi) is 4.28. The minimum absolute atomic E-state index is 0.464. The van der Waals surface area contributed by atoms with E-state index < -0.39 is 0 Å². The summed E-state index contributed by atoms with van der Waals surface area (Å²) in [5.41, 5.74) is 6.20. The second-order valence-electron chi connectivity index (χ2n) is 6.20. The van der Waals surface area contributed by atoms with E-state index in [0.29, 0.717) is 5.92 Å². The van der Waals surface area contributed by atoms with Gasteiger partial charge in [-0.3, -0.25) is 0 Å². The molecule has 0 unspecified atom stereocenters. The van der Waals surface area contributed by atoms with Crippen LogP contribution in [0.25, 0.3) is 16.9 Å². The number of rotatable bonds is 4. The molecule has 1 heterocycles. The fourth-order valence-electron chi connectivity index (χ4n) is 3.04. The Morgan fingerprint density at radius 3 is 2.43 bits per heavy atom. The molecule has 2 aromatic carbocycles. The standard InChI is InChI=1S/C20H24N3/c1-5-16-12-9-13-18(15(2)3)20(16)23-14-19(22(4)21-23)17-10-7-6-8-11-17/h6-15H,5H2,1-4H3/q+1. The number of benzene rings is 2. The van der Waals surface area contributed by atoms with Crippen molar-refractivity contribution in [2.45, 2.75) is 33.1 Å². The molecular weight excluding hydrogens is 282 g/mol. The largest absolute Gasteiger partial charge is 0.197 e. The predicted octanol–water partition coefficient (Wildman–Crippen LogP) is 4.05. The molecule has 0 aliphatic rings. The molecule has 1 aromatic heterocycles. The van der Waals surface area contributed by atoms with E-state index in [1.165, 1.54) is 22.4 Å². The molecule has 3 nitrogen and oxygen atoms in total. The molecule has 0 saturated carbocycles. The summed E-state index contributed by atoms with van der Waals surface area (Å²) in [6.07, 6.45) is 3.13. The van der Waals surface area contributed by atoms with Gasteiger partial charge in [0.25, 0.3) is 0 Å². The smallest absolute Gasteiger partial charge is 0.132 e. The summed E-state index contributed by atoms with van der Waals surface area (Å²) in [5.74, 6) is 0.464. The average Bonchev–Trinajstić information content (AvgIpc) is 2.96. The average molecular weight is 306 g/mol. The van der Waals surface area contributed by atoms with Crippen LogP contribution < -0.4 is 4.68 Å². The maximum atomic E-state index is 4.74. The number of para-hydroxylation sites is 1. The Hall–Kier alpha value is -2.42. The minimum atomic E-state index is 0.464. The summed E-state index contributed by atoms with van der Waals surface area (Å²) in [6, 6.07) is 17.0. The monoisotopic (exact) mass is 306 g/mol. The molecule has 0 fully saturated rings. The SMILES string of the molecule is CCc1cccc(C(C)C)c1-[n+]1cc(-c2ccccc2)n(C)n1. The third-order valence-electron chi connectivity index (χ3n) is 4.28. The van der Waals surface area contributed by atoms with Crippen LogP contribution in [0.5, 0.6) is 0 Å². The van der Waals surface area contributed by atoms with E-state index in [9.17, 15) is 0 Å². The van der Waals surface area contributed by atoms with E-state index >= 15 is 0 Å². The van der Waals surface area contributed by atoms with Crippen LogP contribution >= 0.6 is 0 Å². The van der Waals surface area contributed by atoms with Crippen LogP contribution in [-0.4, -0.2) is 9.90 Å². The quantitative estimate of drug-likeness (QED) is 0.666. The van der Waals surface area contributed by atoms with Crippen LogP contribution in [0.15, 0.2) is 54.7 Å². The van der Waals surface area contributed by atoms with Gasteiger partial charge in [0.1, 0.15) is 7.05 Å². The Morgan fingerprint density at radius 1 is 1.04 bits per heavy atom. The lowest BCUT2D eigenvalue weighted by Crippen LogP contribution is -2.36. The lowest BCUT2D eigenvalue weighted by atomic mass is 9.96. The molecule has 0 N–H and O–H groups in total. The van der Waals surface area contributed by atoms with Gasteiger partial charge >= 0.3 is 0 Å². The van der Waals surface area contributed by atoms with Crippen molar-refractivity contribution in [3.8, 4) is 16.9 Å². The number of aryl methyl sites for hydroxylation is 2. The van der Waals surface area contributed by atoms with Crippen LogP contribution in [0, 0.1) is 0 Å². The molecule has 0 bridgehead atoms. The highest BCUT2D eigenvalue weighted by molar-refractivity contribution is 5.57. The fraction of sp³-hybridized carbons (Fsp3) is 0.300. The summed E-state index contributed by atoms with van der Waals surface area (Å²) in [5, 5.41) is 4.74. The molecular formula is C20H24N3+. The number of aromatic nitrogens is 3. The first kappa shape index (κ1) is 15.5. The highest BCUT2D eigenvalue weighted by Gasteiger charge is 2.22. The van der Waals surface area contributed by atoms with Gasteiger partial charge in [0, 0.05) is 16.7 Å². The Bertz CT molecular complexity index is 801. The van der Waals surface area contributed by atoms with Crippen LogP contribution in [0.1, 0.15) is 37.8 Å². The van der Waals surface area contributed by atoms with Gasteiger partial charge in [-0.2, -0.15) is 0 Å². The van der Waals surface area contributed by atoms with E-state index in [1.54, 1.807) is 0 Å². The van der Waals surface area contributed by atoms with Crippen molar-refractivity contribution in [1.82, 2.24) is 9.90 Å². The molecule has 3 rings (SSSR count). The van der Waals surface area contributed by atoms with Crippen molar-refractivity contribution in [2.75, 3.05) is 0 Å². The highest BCUT2D eigenvalue weighted by atomic mass is 15.5. The van der Waals surface area contributed by atoms with Crippen LogP contribution in [0.2, 0.25) is 0 Å². The van der Waals surface area contributed by atoms with Gasteiger partial charge in [-0.15, -0.1) is 9.36 Å². The Labute approximate surface area is 138 Å². The lowest BCUT2D eigenvalue weighted by molar-refractivity contribution is -0.662. The highest BCUT2D eigenvalue weighted by Crippen LogP contribution is 2.24. The molecule has 3 aromatic rings. The van der Waals surface area contributed by atoms with E-state index in [4.69, 9.17) is 5.21 Å². The van der Waals surface area contributed by atoms with E-state index in [0.717, 1.165) is 12.1 Å². The van der Waals surface area contributed by atoms with Crippen molar-refractivity contribution in [3.63, 3.8) is 0 Å². The lowest BCUT2D eigenvalue weighted by Gasteiger charge is -2.11. The summed E-state index contributed by atoms with van der Waals surface area (Å²) < 4.78 is 3.99. The van der Waals surface area contributed by atoms with Gasteiger partial charge in [0.15, 0.2) is 17.6 Å². The second kappa shape index (κ2) is 6.37. The summed E-state index contributed by atoms with van der Waals surface area (Å²) in [4.78, 5) is 0. The third kappa shape index (κ3) is 2.91. The number of hydrogen-bond donors (Lipinski definition) is 0. The van der Waals surface area contributed by atoms with Gasteiger partial charge < -0.3 is 0 Å². The summed E-state index contributed by atoms with van der Waals surface area (Å²) in [7, 11) is 2.00. The van der Waals surface area contributed by atoms with Crippen molar-refractivity contribution >= 4 is 0 Å². The zero-order valence-corrected chi connectivity index (χ0v) is 14.3. The van der Waals surface area contributed by atoms with Crippen LogP contribution in [0.3, 0.4) is 0 Å². The molecule has 0 spiro atoms.